The summed E-state index contributed by atoms with van der Waals surface area (Å²) in [6, 6.07) is 10.4. The van der Waals surface area contributed by atoms with E-state index in [4.69, 9.17) is 5.73 Å². The first-order valence-corrected chi connectivity index (χ1v) is 7.40. The van der Waals surface area contributed by atoms with Gasteiger partial charge in [-0.05, 0) is 44.8 Å². The molecule has 0 aliphatic heterocycles. The zero-order chi connectivity index (χ0) is 14.4. The number of carbonyl (C=O) groups is 1. The molecule has 0 atom stereocenters. The van der Waals surface area contributed by atoms with Crippen molar-refractivity contribution in [3.63, 3.8) is 0 Å². The lowest BCUT2D eigenvalue weighted by molar-refractivity contribution is -0.129. The van der Waals surface area contributed by atoms with Gasteiger partial charge in [0.05, 0.1) is 5.54 Å². The van der Waals surface area contributed by atoms with Crippen LogP contribution in [0.5, 0.6) is 0 Å². The van der Waals surface area contributed by atoms with Gasteiger partial charge in [-0.25, -0.2) is 0 Å². The number of nitrogens with two attached hydrogens (primary N) is 1. The van der Waals surface area contributed by atoms with E-state index in [2.05, 4.69) is 41.5 Å². The summed E-state index contributed by atoms with van der Waals surface area (Å²) in [7, 11) is 2.10. The van der Waals surface area contributed by atoms with Gasteiger partial charge in [0.25, 0.3) is 0 Å². The SMILES string of the molecule is CN(CCCNC(=O)C1(N)CCC1)Cc1ccccc1. The Kier molecular flexibility index (Phi) is 5.15. The Morgan fingerprint density at radius 1 is 1.35 bits per heavy atom. The Morgan fingerprint density at radius 2 is 2.05 bits per heavy atom. The first-order valence-electron chi connectivity index (χ1n) is 7.40. The molecule has 0 unspecified atom stereocenters. The van der Waals surface area contributed by atoms with Gasteiger partial charge in [0, 0.05) is 13.1 Å². The highest BCUT2D eigenvalue weighted by atomic mass is 16.2. The molecule has 0 radical (unpaired) electrons. The molecule has 1 aromatic rings. The van der Waals surface area contributed by atoms with E-state index in [-0.39, 0.29) is 5.91 Å². The molecule has 1 fully saturated rings. The molecule has 20 heavy (non-hydrogen) atoms. The third kappa shape index (κ3) is 4.05. The highest BCUT2D eigenvalue weighted by molar-refractivity contribution is 5.86. The van der Waals surface area contributed by atoms with Crippen molar-refractivity contribution < 1.29 is 4.79 Å². The van der Waals surface area contributed by atoms with Gasteiger partial charge in [0.1, 0.15) is 0 Å². The van der Waals surface area contributed by atoms with Gasteiger partial charge in [-0.3, -0.25) is 4.79 Å². The fraction of sp³-hybridized carbons (Fsp3) is 0.562. The van der Waals surface area contributed by atoms with Crippen LogP contribution in [0.2, 0.25) is 0 Å². The molecule has 4 heteroatoms. The fourth-order valence-corrected chi connectivity index (χ4v) is 2.49. The smallest absolute Gasteiger partial charge is 0.240 e. The van der Waals surface area contributed by atoms with Crippen molar-refractivity contribution in [2.45, 2.75) is 37.8 Å². The topological polar surface area (TPSA) is 58.4 Å². The van der Waals surface area contributed by atoms with E-state index in [1.165, 1.54) is 5.56 Å². The maximum absolute atomic E-state index is 11.8. The Hall–Kier alpha value is -1.39. The first kappa shape index (κ1) is 15.0. The van der Waals surface area contributed by atoms with Gasteiger partial charge in [0.15, 0.2) is 0 Å². The normalized spacial score (nSPS) is 16.8. The molecule has 1 aromatic carbocycles. The molecule has 0 aromatic heterocycles. The van der Waals surface area contributed by atoms with Crippen molar-refractivity contribution >= 4 is 5.91 Å². The van der Waals surface area contributed by atoms with Gasteiger partial charge in [-0.1, -0.05) is 30.3 Å². The van der Waals surface area contributed by atoms with Gasteiger partial charge in [-0.15, -0.1) is 0 Å². The molecule has 0 spiro atoms. The van der Waals surface area contributed by atoms with Crippen molar-refractivity contribution in [3.8, 4) is 0 Å². The number of hydrogen-bond donors (Lipinski definition) is 2. The van der Waals surface area contributed by atoms with Crippen molar-refractivity contribution in [2.75, 3.05) is 20.1 Å². The summed E-state index contributed by atoms with van der Waals surface area (Å²) in [6.45, 7) is 2.61. The molecule has 4 nitrogen and oxygen atoms in total. The summed E-state index contributed by atoms with van der Waals surface area (Å²) in [4.78, 5) is 14.1. The molecule has 0 saturated heterocycles. The van der Waals surface area contributed by atoms with Crippen LogP contribution in [0.1, 0.15) is 31.2 Å². The van der Waals surface area contributed by atoms with Gasteiger partial charge in [-0.2, -0.15) is 0 Å². The molecule has 0 bridgehead atoms. The second-order valence-corrected chi connectivity index (χ2v) is 5.84. The van der Waals surface area contributed by atoms with Crippen LogP contribution in [-0.4, -0.2) is 36.5 Å². The van der Waals surface area contributed by atoms with Crippen LogP contribution in [0.25, 0.3) is 0 Å². The largest absolute Gasteiger partial charge is 0.354 e. The maximum atomic E-state index is 11.8. The molecule has 1 amide bonds. The first-order chi connectivity index (χ1) is 9.60. The van der Waals surface area contributed by atoms with E-state index >= 15 is 0 Å². The molecule has 110 valence electrons. The van der Waals surface area contributed by atoms with E-state index in [9.17, 15) is 4.79 Å². The van der Waals surface area contributed by atoms with Crippen molar-refractivity contribution in [1.82, 2.24) is 10.2 Å². The minimum Gasteiger partial charge on any atom is -0.354 e. The second kappa shape index (κ2) is 6.86. The third-order valence-corrected chi connectivity index (χ3v) is 4.00. The standard InChI is InChI=1S/C16H25N3O/c1-19(13-14-7-3-2-4-8-14)12-6-11-18-15(20)16(17)9-5-10-16/h2-4,7-8H,5-6,9-13,17H2,1H3,(H,18,20). The Labute approximate surface area is 121 Å². The van der Waals surface area contributed by atoms with Crippen LogP contribution in [0, 0.1) is 0 Å². The van der Waals surface area contributed by atoms with Gasteiger partial charge in [0.2, 0.25) is 5.91 Å². The maximum Gasteiger partial charge on any atom is 0.240 e. The summed E-state index contributed by atoms with van der Waals surface area (Å²) in [5, 5.41) is 2.95. The molecule has 1 saturated carbocycles. The Morgan fingerprint density at radius 3 is 2.65 bits per heavy atom. The van der Waals surface area contributed by atoms with E-state index in [0.717, 1.165) is 38.8 Å². The molecule has 1 aliphatic carbocycles. The van der Waals surface area contributed by atoms with Crippen LogP contribution in [0.3, 0.4) is 0 Å². The number of amides is 1. The van der Waals surface area contributed by atoms with Gasteiger partial charge < -0.3 is 16.0 Å². The lowest BCUT2D eigenvalue weighted by Gasteiger charge is -2.36. The monoisotopic (exact) mass is 275 g/mol. The molecule has 3 N–H and O–H groups in total. The quantitative estimate of drug-likeness (QED) is 0.742. The summed E-state index contributed by atoms with van der Waals surface area (Å²) < 4.78 is 0. The molecule has 0 heterocycles. The number of hydrogen-bond acceptors (Lipinski definition) is 3. The van der Waals surface area contributed by atoms with Crippen molar-refractivity contribution in [2.24, 2.45) is 5.73 Å². The van der Waals surface area contributed by atoms with E-state index < -0.39 is 5.54 Å². The third-order valence-electron chi connectivity index (χ3n) is 4.00. The van der Waals surface area contributed by atoms with Crippen LogP contribution >= 0.6 is 0 Å². The van der Waals surface area contributed by atoms with E-state index in [0.29, 0.717) is 6.54 Å². The lowest BCUT2D eigenvalue weighted by atomic mass is 9.77. The average molecular weight is 275 g/mol. The molecular formula is C16H25N3O. The predicted molar refractivity (Wildman–Crippen MR) is 81.2 cm³/mol. The van der Waals surface area contributed by atoms with Crippen LogP contribution in [0.15, 0.2) is 30.3 Å². The van der Waals surface area contributed by atoms with Crippen LogP contribution in [-0.2, 0) is 11.3 Å². The summed E-state index contributed by atoms with van der Waals surface area (Å²) >= 11 is 0. The summed E-state index contributed by atoms with van der Waals surface area (Å²) in [5.41, 5.74) is 6.71. The van der Waals surface area contributed by atoms with E-state index in [1.54, 1.807) is 0 Å². The van der Waals surface area contributed by atoms with Crippen molar-refractivity contribution in [1.29, 1.82) is 0 Å². The number of rotatable bonds is 7. The Balaban J connectivity index is 1.60. The highest BCUT2D eigenvalue weighted by Gasteiger charge is 2.39. The number of nitrogens with zero attached hydrogens (tertiary/aromatic N) is 1. The molecule has 1 aliphatic rings. The van der Waals surface area contributed by atoms with Crippen LogP contribution in [0.4, 0.5) is 0 Å². The fourth-order valence-electron chi connectivity index (χ4n) is 2.49. The van der Waals surface area contributed by atoms with Crippen LogP contribution < -0.4 is 11.1 Å². The predicted octanol–water partition coefficient (Wildman–Crippen LogP) is 1.51. The second-order valence-electron chi connectivity index (χ2n) is 5.84. The van der Waals surface area contributed by atoms with E-state index in [1.807, 2.05) is 6.07 Å². The minimum atomic E-state index is -0.573. The van der Waals surface area contributed by atoms with Gasteiger partial charge >= 0.3 is 0 Å². The lowest BCUT2D eigenvalue weighted by Crippen LogP contribution is -2.58. The zero-order valence-corrected chi connectivity index (χ0v) is 12.3. The minimum absolute atomic E-state index is 0.0227. The van der Waals surface area contributed by atoms with Crippen molar-refractivity contribution in [3.05, 3.63) is 35.9 Å². The highest BCUT2D eigenvalue weighted by Crippen LogP contribution is 2.28. The molecular weight excluding hydrogens is 250 g/mol. The number of benzene rings is 1. The summed E-state index contributed by atoms with van der Waals surface area (Å²) in [6.07, 6.45) is 3.67. The number of carbonyl (C=O) groups excluding carboxylic acids is 1. The number of nitrogens with one attached hydrogen (secondary N) is 1. The Bertz CT molecular complexity index is 429. The summed E-state index contributed by atoms with van der Waals surface area (Å²) in [5.74, 6) is 0.0227. The zero-order valence-electron chi connectivity index (χ0n) is 12.3. The molecule has 2 rings (SSSR count). The average Bonchev–Trinajstić information content (AvgIpc) is 2.42.